The molecule has 4 rings (SSSR count). The standard InChI is InChI=1S/C29H35F3N2O2/c1-4-14-33-26(5-2)28(21-7-6-8-22(18-21)29(30,31)32)12-9-23(10-13-28)36-25-17-20-11-15-34-27(35)24(20)16-19(25)3/h6-8,11,15-18,23,26,33H,4-5,9-10,12-14H2,1-3H3,(H,34,35)/t23-,26?,28+. The van der Waals surface area contributed by atoms with Crippen molar-refractivity contribution < 1.29 is 17.9 Å². The second-order valence-corrected chi connectivity index (χ2v) is 9.98. The SMILES string of the molecule is CCCNC(CC)[C@]1(c2cccc(C(F)(F)F)c2)CC[C@H](Oc2cc3cc[nH]c(=O)c3cc2C)CC1. The minimum Gasteiger partial charge on any atom is -0.490 e. The number of hydrogen-bond acceptors (Lipinski definition) is 3. The van der Waals surface area contributed by atoms with Crippen LogP contribution in [0.2, 0.25) is 0 Å². The summed E-state index contributed by atoms with van der Waals surface area (Å²) in [6, 6.07) is 11.6. The first-order valence-electron chi connectivity index (χ1n) is 12.9. The van der Waals surface area contributed by atoms with Crippen LogP contribution in [0.1, 0.15) is 69.1 Å². The average molecular weight is 501 g/mol. The van der Waals surface area contributed by atoms with Gasteiger partial charge in [-0.15, -0.1) is 0 Å². The number of nitrogens with one attached hydrogen (secondary N) is 2. The van der Waals surface area contributed by atoms with Gasteiger partial charge in [-0.2, -0.15) is 13.2 Å². The van der Waals surface area contributed by atoms with Crippen molar-refractivity contribution in [1.29, 1.82) is 0 Å². The van der Waals surface area contributed by atoms with Gasteiger partial charge in [0.15, 0.2) is 0 Å². The molecule has 1 aliphatic rings. The van der Waals surface area contributed by atoms with Crippen LogP contribution in [-0.2, 0) is 11.6 Å². The molecule has 1 aliphatic carbocycles. The first-order valence-corrected chi connectivity index (χ1v) is 12.9. The molecule has 0 radical (unpaired) electrons. The lowest BCUT2D eigenvalue weighted by Gasteiger charge is -2.46. The summed E-state index contributed by atoms with van der Waals surface area (Å²) in [4.78, 5) is 14.8. The van der Waals surface area contributed by atoms with E-state index in [1.165, 1.54) is 12.1 Å². The zero-order chi connectivity index (χ0) is 25.9. The van der Waals surface area contributed by atoms with Crippen LogP contribution in [0.5, 0.6) is 5.75 Å². The number of fused-ring (bicyclic) bond motifs is 1. The van der Waals surface area contributed by atoms with Crippen LogP contribution in [0.4, 0.5) is 13.2 Å². The van der Waals surface area contributed by atoms with E-state index in [9.17, 15) is 18.0 Å². The van der Waals surface area contributed by atoms with Gasteiger partial charge in [0.1, 0.15) is 5.75 Å². The summed E-state index contributed by atoms with van der Waals surface area (Å²) in [6.45, 7) is 6.96. The molecule has 1 unspecified atom stereocenters. The fourth-order valence-corrected chi connectivity index (χ4v) is 5.75. The summed E-state index contributed by atoms with van der Waals surface area (Å²) < 4.78 is 47.1. The van der Waals surface area contributed by atoms with Gasteiger partial charge in [0.05, 0.1) is 11.7 Å². The summed E-state index contributed by atoms with van der Waals surface area (Å²) in [5.41, 5.74) is 0.537. The Balaban J connectivity index is 1.60. The molecule has 1 heterocycles. The molecule has 1 aromatic heterocycles. The molecule has 1 fully saturated rings. The maximum Gasteiger partial charge on any atom is 0.416 e. The third-order valence-electron chi connectivity index (χ3n) is 7.67. The quantitative estimate of drug-likeness (QED) is 0.354. The molecule has 7 heteroatoms. The zero-order valence-electron chi connectivity index (χ0n) is 21.2. The number of aromatic nitrogens is 1. The molecule has 1 saturated carbocycles. The predicted molar refractivity (Wildman–Crippen MR) is 138 cm³/mol. The van der Waals surface area contributed by atoms with Crippen molar-refractivity contribution in [3.05, 3.63) is 75.7 Å². The van der Waals surface area contributed by atoms with Crippen molar-refractivity contribution in [1.82, 2.24) is 10.3 Å². The Morgan fingerprint density at radius 3 is 2.56 bits per heavy atom. The molecular weight excluding hydrogens is 465 g/mol. The molecule has 36 heavy (non-hydrogen) atoms. The summed E-state index contributed by atoms with van der Waals surface area (Å²) in [7, 11) is 0. The van der Waals surface area contributed by atoms with E-state index in [2.05, 4.69) is 24.1 Å². The van der Waals surface area contributed by atoms with E-state index in [1.807, 2.05) is 31.2 Å². The van der Waals surface area contributed by atoms with E-state index in [1.54, 1.807) is 6.20 Å². The number of rotatable bonds is 8. The summed E-state index contributed by atoms with van der Waals surface area (Å²) >= 11 is 0. The molecule has 4 nitrogen and oxygen atoms in total. The predicted octanol–water partition coefficient (Wildman–Crippen LogP) is 6.89. The number of pyridine rings is 1. The number of hydrogen-bond donors (Lipinski definition) is 2. The second-order valence-electron chi connectivity index (χ2n) is 9.98. The monoisotopic (exact) mass is 500 g/mol. The maximum absolute atomic E-state index is 13.6. The minimum atomic E-state index is -4.37. The highest BCUT2D eigenvalue weighted by atomic mass is 19.4. The normalized spacial score (nSPS) is 21.4. The highest BCUT2D eigenvalue weighted by molar-refractivity contribution is 5.83. The summed E-state index contributed by atoms with van der Waals surface area (Å²) in [5.74, 6) is 0.751. The van der Waals surface area contributed by atoms with E-state index < -0.39 is 17.2 Å². The largest absolute Gasteiger partial charge is 0.490 e. The van der Waals surface area contributed by atoms with Crippen LogP contribution >= 0.6 is 0 Å². The molecule has 0 amide bonds. The van der Waals surface area contributed by atoms with Crippen LogP contribution in [0, 0.1) is 6.92 Å². The third-order valence-corrected chi connectivity index (χ3v) is 7.67. The Labute approximate surface area is 210 Å². The maximum atomic E-state index is 13.6. The Bertz CT molecular complexity index is 1240. The van der Waals surface area contributed by atoms with Gasteiger partial charge in [-0.3, -0.25) is 4.79 Å². The lowest BCUT2D eigenvalue weighted by Crippen LogP contribution is -2.51. The van der Waals surface area contributed by atoms with Crippen LogP contribution in [0.25, 0.3) is 10.8 Å². The van der Waals surface area contributed by atoms with E-state index in [0.29, 0.717) is 5.39 Å². The van der Waals surface area contributed by atoms with Crippen molar-refractivity contribution in [3.63, 3.8) is 0 Å². The first-order chi connectivity index (χ1) is 17.2. The van der Waals surface area contributed by atoms with Crippen molar-refractivity contribution in [3.8, 4) is 5.75 Å². The smallest absolute Gasteiger partial charge is 0.416 e. The van der Waals surface area contributed by atoms with E-state index in [4.69, 9.17) is 4.74 Å². The van der Waals surface area contributed by atoms with Gasteiger partial charge in [0, 0.05) is 23.0 Å². The molecule has 2 N–H and O–H groups in total. The molecule has 2 aromatic carbocycles. The highest BCUT2D eigenvalue weighted by Crippen LogP contribution is 2.45. The number of halogens is 3. The van der Waals surface area contributed by atoms with Gasteiger partial charge in [0.25, 0.3) is 5.56 Å². The topological polar surface area (TPSA) is 54.1 Å². The number of aryl methyl sites for hydroxylation is 1. The summed E-state index contributed by atoms with van der Waals surface area (Å²) in [6.07, 6.45) is 1.98. The van der Waals surface area contributed by atoms with E-state index in [0.717, 1.165) is 73.4 Å². The molecule has 194 valence electrons. The second kappa shape index (κ2) is 10.7. The van der Waals surface area contributed by atoms with Gasteiger partial charge >= 0.3 is 6.18 Å². The minimum absolute atomic E-state index is 0.0363. The lowest BCUT2D eigenvalue weighted by atomic mass is 9.63. The molecule has 3 aromatic rings. The fourth-order valence-electron chi connectivity index (χ4n) is 5.75. The number of H-pyrrole nitrogens is 1. The van der Waals surface area contributed by atoms with Crippen LogP contribution in [-0.4, -0.2) is 23.7 Å². The van der Waals surface area contributed by atoms with E-state index >= 15 is 0 Å². The molecule has 0 spiro atoms. The van der Waals surface area contributed by atoms with Crippen molar-refractivity contribution >= 4 is 10.8 Å². The van der Waals surface area contributed by atoms with E-state index in [-0.39, 0.29) is 17.7 Å². The molecule has 1 atom stereocenters. The Hall–Kier alpha value is -2.80. The molecule has 0 aliphatic heterocycles. The van der Waals surface area contributed by atoms with Gasteiger partial charge in [0.2, 0.25) is 0 Å². The number of alkyl halides is 3. The molecule has 0 saturated heterocycles. The van der Waals surface area contributed by atoms with Crippen LogP contribution < -0.4 is 15.6 Å². The highest BCUT2D eigenvalue weighted by Gasteiger charge is 2.44. The lowest BCUT2D eigenvalue weighted by molar-refractivity contribution is -0.137. The Morgan fingerprint density at radius 1 is 1.14 bits per heavy atom. The number of aromatic amines is 1. The third kappa shape index (κ3) is 5.31. The van der Waals surface area contributed by atoms with Crippen LogP contribution in [0.3, 0.4) is 0 Å². The van der Waals surface area contributed by atoms with Gasteiger partial charge < -0.3 is 15.0 Å². The van der Waals surface area contributed by atoms with Gasteiger partial charge in [-0.05, 0) is 92.8 Å². The average Bonchev–Trinajstić information content (AvgIpc) is 2.86. The zero-order valence-corrected chi connectivity index (χ0v) is 21.2. The number of benzene rings is 2. The Kier molecular flexibility index (Phi) is 7.79. The van der Waals surface area contributed by atoms with Crippen LogP contribution in [0.15, 0.2) is 53.5 Å². The van der Waals surface area contributed by atoms with Crippen molar-refractivity contribution in [2.24, 2.45) is 0 Å². The Morgan fingerprint density at radius 2 is 1.89 bits per heavy atom. The van der Waals surface area contributed by atoms with Crippen molar-refractivity contribution in [2.45, 2.75) is 83.0 Å². The first kappa shape index (κ1) is 26.3. The summed E-state index contributed by atoms with van der Waals surface area (Å²) in [5, 5.41) is 5.08. The number of ether oxygens (including phenoxy) is 1. The fraction of sp³-hybridized carbons (Fsp3) is 0.483. The van der Waals surface area contributed by atoms with Gasteiger partial charge in [-0.1, -0.05) is 32.0 Å². The van der Waals surface area contributed by atoms with Gasteiger partial charge in [-0.25, -0.2) is 0 Å². The molecule has 0 bridgehead atoms. The molecular formula is C29H35F3N2O2. The van der Waals surface area contributed by atoms with Crippen molar-refractivity contribution in [2.75, 3.05) is 6.54 Å².